The highest BCUT2D eigenvalue weighted by atomic mass is 28.4. The Kier molecular flexibility index (Phi) is 18.0. The third-order valence-electron chi connectivity index (χ3n) is 10.3. The number of non-ortho nitro benzene ring substituents is 1. The van der Waals surface area contributed by atoms with Crippen LogP contribution in [0.25, 0.3) is 0 Å². The minimum absolute atomic E-state index is 0.00124. The molecule has 2 heterocycles. The number of ether oxygens (including phenoxy) is 8. The standard InChI is InChI=1S/C39H61NO16Si/c1-21(2)57(22(3)4,23(5)6)49-20-31-34(52-26(9)42)35(32(45)38(55-31)48-19-13-12-14-29-15-17-30(18-16-29)40(46)47)56-39-37(54-28(11)44)36(53-27(10)43)33(24(7)50-39)51-25(8)41/h15-18,21-24,31-39,45H,12-14,19-20H2,1-11H3/t24-,31+,32+,33-,34-,35+,36+,37+,38+,39-/m0/s1. The van der Waals surface area contributed by atoms with Crippen LogP contribution in [0.5, 0.6) is 0 Å². The summed E-state index contributed by atoms with van der Waals surface area (Å²) in [5.41, 5.74) is 1.49. The molecule has 2 saturated heterocycles. The van der Waals surface area contributed by atoms with Gasteiger partial charge in [-0.25, -0.2) is 0 Å². The number of hydrogen-bond donors (Lipinski definition) is 1. The number of hydrogen-bond acceptors (Lipinski definition) is 16. The van der Waals surface area contributed by atoms with Gasteiger partial charge in [0.2, 0.25) is 0 Å². The molecule has 0 saturated carbocycles. The van der Waals surface area contributed by atoms with Crippen molar-refractivity contribution in [2.45, 2.75) is 173 Å². The van der Waals surface area contributed by atoms with Crippen molar-refractivity contribution >= 4 is 37.9 Å². The van der Waals surface area contributed by atoms with Gasteiger partial charge >= 0.3 is 23.9 Å². The number of aliphatic hydroxyl groups is 1. The highest BCUT2D eigenvalue weighted by molar-refractivity contribution is 6.77. The zero-order valence-corrected chi connectivity index (χ0v) is 35.9. The summed E-state index contributed by atoms with van der Waals surface area (Å²) in [6.45, 7) is 19.0. The molecule has 1 N–H and O–H groups in total. The fourth-order valence-electron chi connectivity index (χ4n) is 8.03. The minimum Gasteiger partial charge on any atom is -0.457 e. The van der Waals surface area contributed by atoms with Crippen molar-refractivity contribution in [2.24, 2.45) is 0 Å². The Bertz CT molecular complexity index is 1480. The number of nitro benzene ring substituents is 1. The second-order valence-electron chi connectivity index (χ2n) is 15.5. The number of rotatable bonds is 19. The first-order valence-corrected chi connectivity index (χ1v) is 21.7. The Labute approximate surface area is 335 Å². The van der Waals surface area contributed by atoms with Gasteiger partial charge in [0.25, 0.3) is 5.69 Å². The predicted molar refractivity (Wildman–Crippen MR) is 205 cm³/mol. The van der Waals surface area contributed by atoms with E-state index >= 15 is 0 Å². The summed E-state index contributed by atoms with van der Waals surface area (Å²) in [5.74, 6) is -2.98. The van der Waals surface area contributed by atoms with E-state index in [0.717, 1.165) is 26.3 Å². The molecule has 18 heteroatoms. The van der Waals surface area contributed by atoms with E-state index in [1.54, 1.807) is 19.1 Å². The number of nitrogens with zero attached hydrogens (tertiary/aromatic N) is 1. The Hall–Kier alpha value is -3.52. The normalized spacial score (nSPS) is 27.9. The van der Waals surface area contributed by atoms with E-state index in [4.69, 9.17) is 42.3 Å². The summed E-state index contributed by atoms with van der Waals surface area (Å²) < 4.78 is 54.3. The van der Waals surface area contributed by atoms with Crippen LogP contribution in [-0.4, -0.2) is 117 Å². The average molecular weight is 828 g/mol. The summed E-state index contributed by atoms with van der Waals surface area (Å²) in [7, 11) is -2.52. The third-order valence-corrected chi connectivity index (χ3v) is 16.4. The lowest BCUT2D eigenvalue weighted by Crippen LogP contribution is -2.66. The average Bonchev–Trinajstić information content (AvgIpc) is 3.10. The molecule has 0 unspecified atom stereocenters. The Morgan fingerprint density at radius 3 is 1.75 bits per heavy atom. The topological polar surface area (TPSA) is 215 Å². The van der Waals surface area contributed by atoms with Crippen molar-refractivity contribution in [3.63, 3.8) is 0 Å². The molecule has 3 rings (SSSR count). The summed E-state index contributed by atoms with van der Waals surface area (Å²) in [6.07, 6.45) is -11.5. The maximum absolute atomic E-state index is 12.7. The number of unbranched alkanes of at least 4 members (excludes halogenated alkanes) is 1. The molecule has 1 aromatic carbocycles. The lowest BCUT2D eigenvalue weighted by atomic mass is 9.96. The lowest BCUT2D eigenvalue weighted by molar-refractivity contribution is -0.384. The molecule has 0 amide bonds. The molecule has 10 atom stereocenters. The van der Waals surface area contributed by atoms with Crippen LogP contribution in [0.1, 0.15) is 94.6 Å². The Balaban J connectivity index is 1.98. The van der Waals surface area contributed by atoms with Crippen LogP contribution >= 0.6 is 0 Å². The van der Waals surface area contributed by atoms with Crippen molar-refractivity contribution in [1.29, 1.82) is 0 Å². The quantitative estimate of drug-likeness (QED) is 0.0481. The smallest absolute Gasteiger partial charge is 0.303 e. The monoisotopic (exact) mass is 827 g/mol. The molecule has 57 heavy (non-hydrogen) atoms. The number of aliphatic hydroxyl groups excluding tert-OH is 1. The predicted octanol–water partition coefficient (Wildman–Crippen LogP) is 5.07. The number of aryl methyl sites for hydroxylation is 1. The molecule has 0 radical (unpaired) electrons. The van der Waals surface area contributed by atoms with Gasteiger partial charge in [0, 0.05) is 46.4 Å². The molecular formula is C39H61NO16Si. The number of esters is 4. The van der Waals surface area contributed by atoms with E-state index in [1.807, 2.05) is 0 Å². The van der Waals surface area contributed by atoms with Crippen molar-refractivity contribution in [3.8, 4) is 0 Å². The molecule has 0 aromatic heterocycles. The molecule has 2 aliphatic rings. The zero-order valence-electron chi connectivity index (χ0n) is 34.9. The van der Waals surface area contributed by atoms with E-state index in [-0.39, 0.29) is 35.5 Å². The van der Waals surface area contributed by atoms with Crippen LogP contribution in [0, 0.1) is 10.1 Å². The first-order valence-electron chi connectivity index (χ1n) is 19.5. The van der Waals surface area contributed by atoms with E-state index in [0.29, 0.717) is 19.3 Å². The lowest BCUT2D eigenvalue weighted by Gasteiger charge is -2.49. The van der Waals surface area contributed by atoms with Gasteiger partial charge in [0.15, 0.2) is 45.3 Å². The fraction of sp³-hybridized carbons (Fsp3) is 0.744. The molecule has 17 nitrogen and oxygen atoms in total. The third kappa shape index (κ3) is 12.7. The van der Waals surface area contributed by atoms with E-state index in [9.17, 15) is 34.4 Å². The van der Waals surface area contributed by atoms with Crippen LogP contribution in [0.4, 0.5) is 5.69 Å². The van der Waals surface area contributed by atoms with Gasteiger partial charge in [0.05, 0.1) is 17.6 Å². The van der Waals surface area contributed by atoms with Crippen molar-refractivity contribution < 1.29 is 71.5 Å². The van der Waals surface area contributed by atoms with Gasteiger partial charge in [-0.15, -0.1) is 0 Å². The molecule has 2 aliphatic heterocycles. The number of benzene rings is 1. The molecular weight excluding hydrogens is 767 g/mol. The molecule has 1 aromatic rings. The van der Waals surface area contributed by atoms with Crippen LogP contribution in [0.2, 0.25) is 16.6 Å². The Morgan fingerprint density at radius 1 is 0.737 bits per heavy atom. The highest BCUT2D eigenvalue weighted by Crippen LogP contribution is 2.43. The van der Waals surface area contributed by atoms with Crippen LogP contribution < -0.4 is 0 Å². The molecule has 0 aliphatic carbocycles. The van der Waals surface area contributed by atoms with Crippen LogP contribution in [-0.2, 0) is 67.9 Å². The highest BCUT2D eigenvalue weighted by Gasteiger charge is 2.56. The summed E-state index contributed by atoms with van der Waals surface area (Å²) in [5, 5.41) is 22.9. The SMILES string of the molecule is CC(=O)O[C@@H]1[C@@H](OC(C)=O)[C@H](C)O[C@@H](O[C@@H]2[C@@H](O)[C@H](OCCCCc3ccc([N+](=O)[O-])cc3)O[C@H](CO[Si](C(C)C)(C(C)C)C(C)C)[C@@H]2OC(C)=O)[C@@H]1OC(C)=O. The van der Waals surface area contributed by atoms with Crippen molar-refractivity contribution in [3.05, 3.63) is 39.9 Å². The maximum Gasteiger partial charge on any atom is 0.303 e. The fourth-order valence-corrected chi connectivity index (χ4v) is 13.5. The first kappa shape index (κ1) is 47.8. The minimum atomic E-state index is -2.52. The van der Waals surface area contributed by atoms with E-state index in [2.05, 4.69) is 41.5 Å². The van der Waals surface area contributed by atoms with E-state index in [1.165, 1.54) is 19.1 Å². The number of carbonyl (C=O) groups excluding carboxylic acids is 4. The second kappa shape index (κ2) is 21.5. The molecule has 0 bridgehead atoms. The van der Waals surface area contributed by atoms with Gasteiger partial charge < -0.3 is 47.4 Å². The first-order chi connectivity index (χ1) is 26.7. The Morgan fingerprint density at radius 2 is 1.25 bits per heavy atom. The largest absolute Gasteiger partial charge is 0.457 e. The van der Waals surface area contributed by atoms with Gasteiger partial charge in [-0.05, 0) is 48.4 Å². The van der Waals surface area contributed by atoms with E-state index < -0.39 is 98.5 Å². The molecule has 322 valence electrons. The van der Waals surface area contributed by atoms with Gasteiger partial charge in [-0.2, -0.15) is 0 Å². The maximum atomic E-state index is 12.7. The van der Waals surface area contributed by atoms with Gasteiger partial charge in [-0.3, -0.25) is 29.3 Å². The van der Waals surface area contributed by atoms with Crippen LogP contribution in [0.3, 0.4) is 0 Å². The molecule has 0 spiro atoms. The van der Waals surface area contributed by atoms with Gasteiger partial charge in [-0.1, -0.05) is 53.7 Å². The number of carbonyl (C=O) groups is 4. The summed E-state index contributed by atoms with van der Waals surface area (Å²) >= 11 is 0. The zero-order chi connectivity index (χ0) is 42.8. The van der Waals surface area contributed by atoms with Gasteiger partial charge in [0.1, 0.15) is 18.3 Å². The van der Waals surface area contributed by atoms with Crippen molar-refractivity contribution in [2.75, 3.05) is 13.2 Å². The number of nitro groups is 1. The summed E-state index contributed by atoms with van der Waals surface area (Å²) in [4.78, 5) is 60.1. The van der Waals surface area contributed by atoms with Crippen LogP contribution in [0.15, 0.2) is 24.3 Å². The summed E-state index contributed by atoms with van der Waals surface area (Å²) in [6, 6.07) is 6.29. The van der Waals surface area contributed by atoms with Crippen molar-refractivity contribution in [1.82, 2.24) is 0 Å². The second-order valence-corrected chi connectivity index (χ2v) is 21.0. The molecule has 2 fully saturated rings.